The molecule has 0 saturated carbocycles. The van der Waals surface area contributed by atoms with Crippen LogP contribution in [0.4, 0.5) is 5.69 Å². The molecule has 0 radical (unpaired) electrons. The molecule has 8 nitrogen and oxygen atoms in total. The second-order valence-electron chi connectivity index (χ2n) is 7.35. The van der Waals surface area contributed by atoms with Gasteiger partial charge in [0.1, 0.15) is 5.75 Å². The van der Waals surface area contributed by atoms with E-state index in [1.165, 1.54) is 28.4 Å². The number of hydrogen-bond acceptors (Lipinski definition) is 6. The monoisotopic (exact) mass is 463 g/mol. The minimum Gasteiger partial charge on any atom is -0.495 e. The summed E-state index contributed by atoms with van der Waals surface area (Å²) in [4.78, 5) is 29.0. The molecule has 2 amide bonds. The smallest absolute Gasteiger partial charge is 0.251 e. The molecule has 164 valence electrons. The number of carbonyl (C=O) groups is 2. The van der Waals surface area contributed by atoms with E-state index in [2.05, 4.69) is 0 Å². The fourth-order valence-corrected chi connectivity index (χ4v) is 5.53. The number of ether oxygens (including phenoxy) is 1. The van der Waals surface area contributed by atoms with Crippen LogP contribution in [0.25, 0.3) is 0 Å². The third-order valence-corrected chi connectivity index (χ3v) is 7.78. The number of para-hydroxylation sites is 2. The molecule has 2 aromatic rings. The highest BCUT2D eigenvalue weighted by molar-refractivity contribution is 7.89. The molecule has 10 heteroatoms. The first kappa shape index (κ1) is 21.8. The fraction of sp³-hybridized carbons (Fsp3) is 0.333. The molecule has 0 aliphatic carbocycles. The molecular formula is C21H22ClN3O5S. The molecule has 2 aromatic carbocycles. The van der Waals surface area contributed by atoms with Gasteiger partial charge in [0.15, 0.2) is 0 Å². The van der Waals surface area contributed by atoms with Gasteiger partial charge in [-0.05, 0) is 36.4 Å². The zero-order chi connectivity index (χ0) is 22.2. The first-order valence-electron chi connectivity index (χ1n) is 9.82. The number of rotatable bonds is 5. The van der Waals surface area contributed by atoms with E-state index in [1.807, 2.05) is 4.90 Å². The molecule has 2 fully saturated rings. The predicted molar refractivity (Wildman–Crippen MR) is 116 cm³/mol. The van der Waals surface area contributed by atoms with Crippen molar-refractivity contribution in [3.63, 3.8) is 0 Å². The topological polar surface area (TPSA) is 87.2 Å². The number of hydrogen-bond donors (Lipinski definition) is 0. The lowest BCUT2D eigenvalue weighted by molar-refractivity contribution is -0.123. The molecule has 1 atom stereocenters. The van der Waals surface area contributed by atoms with Gasteiger partial charge in [-0.15, -0.1) is 0 Å². The Labute approximate surface area is 186 Å². The van der Waals surface area contributed by atoms with Gasteiger partial charge in [-0.3, -0.25) is 14.5 Å². The average molecular weight is 464 g/mol. The van der Waals surface area contributed by atoms with Gasteiger partial charge in [0.05, 0.1) is 30.2 Å². The number of imide groups is 1. The molecule has 31 heavy (non-hydrogen) atoms. The van der Waals surface area contributed by atoms with Crippen LogP contribution in [-0.2, 0) is 19.6 Å². The van der Waals surface area contributed by atoms with Crippen LogP contribution in [0.5, 0.6) is 5.75 Å². The highest BCUT2D eigenvalue weighted by atomic mass is 35.5. The summed E-state index contributed by atoms with van der Waals surface area (Å²) < 4.78 is 32.4. The highest BCUT2D eigenvalue weighted by Gasteiger charge is 2.44. The number of carbonyl (C=O) groups excluding carboxylic acids is 2. The number of halogens is 1. The third kappa shape index (κ3) is 4.06. The fourth-order valence-electron chi connectivity index (χ4n) is 3.98. The highest BCUT2D eigenvalue weighted by Crippen LogP contribution is 2.33. The molecular weight excluding hydrogens is 442 g/mol. The molecule has 2 aliphatic heterocycles. The molecule has 2 heterocycles. The zero-order valence-electron chi connectivity index (χ0n) is 16.9. The second-order valence-corrected chi connectivity index (χ2v) is 9.73. The van der Waals surface area contributed by atoms with Gasteiger partial charge in [-0.2, -0.15) is 4.31 Å². The molecule has 0 spiro atoms. The maximum absolute atomic E-state index is 13.1. The Morgan fingerprint density at radius 3 is 2.26 bits per heavy atom. The van der Waals surface area contributed by atoms with Crippen LogP contribution in [0.15, 0.2) is 53.4 Å². The molecule has 0 aromatic heterocycles. The summed E-state index contributed by atoms with van der Waals surface area (Å²) in [5, 5.41) is 0.466. The van der Waals surface area contributed by atoms with Crippen molar-refractivity contribution in [3.05, 3.63) is 53.6 Å². The number of sulfonamides is 1. The van der Waals surface area contributed by atoms with Crippen molar-refractivity contribution in [1.82, 2.24) is 9.21 Å². The molecule has 2 saturated heterocycles. The number of piperazine rings is 1. The summed E-state index contributed by atoms with van der Waals surface area (Å²) in [6.45, 7) is 1.18. The molecule has 4 rings (SSSR count). The van der Waals surface area contributed by atoms with Crippen LogP contribution >= 0.6 is 11.6 Å². The number of methoxy groups -OCH3 is 1. The number of nitrogens with zero attached hydrogens (tertiary/aromatic N) is 3. The normalized spacial score (nSPS) is 21.0. The van der Waals surface area contributed by atoms with Crippen LogP contribution in [-0.4, -0.2) is 68.8 Å². The SMILES string of the molecule is COc1ccccc1N1C(=O)C[C@H](N2CCN(S(=O)(=O)c3ccc(Cl)cc3)CC2)C1=O. The van der Waals surface area contributed by atoms with Crippen molar-refractivity contribution >= 4 is 39.1 Å². The maximum atomic E-state index is 13.1. The Morgan fingerprint density at radius 2 is 1.61 bits per heavy atom. The first-order valence-corrected chi connectivity index (χ1v) is 11.6. The van der Waals surface area contributed by atoms with Crippen LogP contribution in [0.1, 0.15) is 6.42 Å². The van der Waals surface area contributed by atoms with E-state index in [0.29, 0.717) is 29.5 Å². The number of benzene rings is 2. The summed E-state index contributed by atoms with van der Waals surface area (Å²) in [5.74, 6) is -0.164. The van der Waals surface area contributed by atoms with Gasteiger partial charge in [-0.25, -0.2) is 13.3 Å². The maximum Gasteiger partial charge on any atom is 0.251 e. The second kappa shape index (κ2) is 8.58. The van der Waals surface area contributed by atoms with E-state index in [4.69, 9.17) is 16.3 Å². The van der Waals surface area contributed by atoms with Crippen molar-refractivity contribution in [2.45, 2.75) is 17.4 Å². The van der Waals surface area contributed by atoms with E-state index >= 15 is 0 Å². The summed E-state index contributed by atoms with van der Waals surface area (Å²) in [6, 6.07) is 12.3. The first-order chi connectivity index (χ1) is 14.8. The van der Waals surface area contributed by atoms with Crippen LogP contribution in [0, 0.1) is 0 Å². The van der Waals surface area contributed by atoms with Gasteiger partial charge in [-0.1, -0.05) is 23.7 Å². The zero-order valence-corrected chi connectivity index (χ0v) is 18.5. The summed E-state index contributed by atoms with van der Waals surface area (Å²) in [5.41, 5.74) is 0.423. The average Bonchev–Trinajstić information content (AvgIpc) is 3.07. The van der Waals surface area contributed by atoms with Crippen molar-refractivity contribution in [1.29, 1.82) is 0 Å². The number of amides is 2. The van der Waals surface area contributed by atoms with Crippen molar-refractivity contribution in [2.24, 2.45) is 0 Å². The quantitative estimate of drug-likeness (QED) is 0.630. The molecule has 0 N–H and O–H groups in total. The van der Waals surface area contributed by atoms with E-state index in [0.717, 1.165) is 0 Å². The molecule has 0 bridgehead atoms. The van der Waals surface area contributed by atoms with Crippen molar-refractivity contribution in [2.75, 3.05) is 38.2 Å². The third-order valence-electron chi connectivity index (χ3n) is 5.61. The Bertz CT molecular complexity index is 1100. The Hall–Kier alpha value is -2.46. The lowest BCUT2D eigenvalue weighted by atomic mass is 10.2. The van der Waals surface area contributed by atoms with E-state index < -0.39 is 16.1 Å². The van der Waals surface area contributed by atoms with Gasteiger partial charge in [0.25, 0.3) is 5.91 Å². The van der Waals surface area contributed by atoms with Gasteiger partial charge in [0, 0.05) is 31.2 Å². The number of anilines is 1. The summed E-state index contributed by atoms with van der Waals surface area (Å²) in [7, 11) is -2.16. The van der Waals surface area contributed by atoms with E-state index in [9.17, 15) is 18.0 Å². The lowest BCUT2D eigenvalue weighted by Gasteiger charge is -2.36. The summed E-state index contributed by atoms with van der Waals surface area (Å²) in [6.07, 6.45) is 0.0564. The van der Waals surface area contributed by atoms with E-state index in [1.54, 1.807) is 36.4 Å². The summed E-state index contributed by atoms with van der Waals surface area (Å²) >= 11 is 5.85. The minimum absolute atomic E-state index is 0.0564. The van der Waals surface area contributed by atoms with Crippen molar-refractivity contribution < 1.29 is 22.7 Å². The Balaban J connectivity index is 1.46. The Morgan fingerprint density at radius 1 is 0.968 bits per heavy atom. The van der Waals surface area contributed by atoms with Gasteiger partial charge >= 0.3 is 0 Å². The standard InChI is InChI=1S/C21H22ClN3O5S/c1-30-19-5-3-2-4-17(19)25-20(26)14-18(21(25)27)23-10-12-24(13-11-23)31(28,29)16-8-6-15(22)7-9-16/h2-9,18H,10-14H2,1H3/t18-/m0/s1. The van der Waals surface area contributed by atoms with Crippen molar-refractivity contribution in [3.8, 4) is 5.75 Å². The van der Waals surface area contributed by atoms with Gasteiger partial charge in [0.2, 0.25) is 15.9 Å². The van der Waals surface area contributed by atoms with Gasteiger partial charge < -0.3 is 4.74 Å². The predicted octanol–water partition coefficient (Wildman–Crippen LogP) is 1.99. The van der Waals surface area contributed by atoms with Crippen LogP contribution in [0.2, 0.25) is 5.02 Å². The molecule has 0 unspecified atom stereocenters. The minimum atomic E-state index is -3.64. The van der Waals surface area contributed by atoms with Crippen LogP contribution in [0.3, 0.4) is 0 Å². The van der Waals surface area contributed by atoms with Crippen LogP contribution < -0.4 is 9.64 Å². The van der Waals surface area contributed by atoms with E-state index in [-0.39, 0.29) is 36.2 Å². The largest absolute Gasteiger partial charge is 0.495 e. The lowest BCUT2D eigenvalue weighted by Crippen LogP contribution is -2.53. The Kier molecular flexibility index (Phi) is 6.02. The molecule has 2 aliphatic rings.